The number of aromatic nitrogens is 1. The summed E-state index contributed by atoms with van der Waals surface area (Å²) < 4.78 is 12.9. The summed E-state index contributed by atoms with van der Waals surface area (Å²) >= 11 is 1.71. The first-order valence-electron chi connectivity index (χ1n) is 6.99. The fraction of sp³-hybridized carbons (Fsp3) is 0.312. The maximum Gasteiger partial charge on any atom is 0.123 e. The van der Waals surface area contributed by atoms with Gasteiger partial charge in [-0.15, -0.1) is 11.8 Å². The summed E-state index contributed by atoms with van der Waals surface area (Å²) in [6, 6.07) is 8.72. The summed E-state index contributed by atoms with van der Waals surface area (Å²) in [4.78, 5) is 5.20. The van der Waals surface area contributed by atoms with Crippen LogP contribution in [0.1, 0.15) is 12.5 Å². The van der Waals surface area contributed by atoms with Gasteiger partial charge in [-0.1, -0.05) is 6.92 Å². The lowest BCUT2D eigenvalue weighted by Crippen LogP contribution is -2.33. The van der Waals surface area contributed by atoms with E-state index >= 15 is 0 Å². The predicted molar refractivity (Wildman–Crippen MR) is 86.9 cm³/mol. The minimum Gasteiger partial charge on any atom is -0.398 e. The van der Waals surface area contributed by atoms with Gasteiger partial charge in [-0.2, -0.15) is 0 Å². The smallest absolute Gasteiger partial charge is 0.123 e. The lowest BCUT2D eigenvalue weighted by molar-refractivity contribution is 0.572. The number of hydrogen-bond acceptors (Lipinski definition) is 4. The van der Waals surface area contributed by atoms with Crippen LogP contribution in [0.2, 0.25) is 0 Å². The van der Waals surface area contributed by atoms with Crippen molar-refractivity contribution in [2.45, 2.75) is 24.3 Å². The molecule has 5 heteroatoms. The Balaban J connectivity index is 1.95. The highest BCUT2D eigenvalue weighted by molar-refractivity contribution is 7.99. The normalized spacial score (nSPS) is 12.3. The number of benzene rings is 1. The van der Waals surface area contributed by atoms with Crippen molar-refractivity contribution in [1.29, 1.82) is 0 Å². The minimum absolute atomic E-state index is 0.203. The molecule has 1 aromatic heterocycles. The zero-order valence-electron chi connectivity index (χ0n) is 12.1. The van der Waals surface area contributed by atoms with Crippen LogP contribution in [0.5, 0.6) is 0 Å². The average molecular weight is 305 g/mol. The van der Waals surface area contributed by atoms with Crippen LogP contribution >= 0.6 is 11.8 Å². The Kier molecular flexibility index (Phi) is 6.02. The van der Waals surface area contributed by atoms with E-state index in [2.05, 4.69) is 17.2 Å². The zero-order valence-corrected chi connectivity index (χ0v) is 12.9. The highest BCUT2D eigenvalue weighted by Gasteiger charge is 2.11. The van der Waals surface area contributed by atoms with Crippen molar-refractivity contribution in [3.8, 4) is 0 Å². The molecule has 0 aliphatic carbocycles. The summed E-state index contributed by atoms with van der Waals surface area (Å²) in [6.07, 6.45) is 4.36. The molecule has 2 rings (SSSR count). The van der Waals surface area contributed by atoms with Gasteiger partial charge in [0.05, 0.1) is 0 Å². The molecule has 0 saturated heterocycles. The van der Waals surface area contributed by atoms with E-state index in [0.717, 1.165) is 34.9 Å². The first kappa shape index (κ1) is 15.8. The van der Waals surface area contributed by atoms with Crippen molar-refractivity contribution in [2.75, 3.05) is 18.0 Å². The SMILES string of the molecule is CCNC(CSc1ccc(F)cc1)Cc1cnccc1N. The van der Waals surface area contributed by atoms with Crippen LogP contribution in [-0.4, -0.2) is 23.3 Å². The molecule has 3 nitrogen and oxygen atoms in total. The molecule has 0 aliphatic rings. The predicted octanol–water partition coefficient (Wildman–Crippen LogP) is 3.12. The second kappa shape index (κ2) is 8.00. The van der Waals surface area contributed by atoms with Crippen LogP contribution in [0.25, 0.3) is 0 Å². The summed E-state index contributed by atoms with van der Waals surface area (Å²) in [7, 11) is 0. The van der Waals surface area contributed by atoms with E-state index in [0.29, 0.717) is 6.04 Å². The van der Waals surface area contributed by atoms with E-state index in [1.165, 1.54) is 12.1 Å². The molecule has 0 saturated carbocycles. The number of pyridine rings is 1. The standard InChI is InChI=1S/C16H20FN3S/c1-2-20-14(9-12-10-19-8-7-16(12)18)11-21-15-5-3-13(17)4-6-15/h3-8,10,14,20H,2,9,11H2,1H3,(H2,18,19). The number of likely N-dealkylation sites (N-methyl/N-ethyl adjacent to an activating group) is 1. The van der Waals surface area contributed by atoms with E-state index in [1.807, 2.05) is 12.3 Å². The third-order valence-corrected chi connectivity index (χ3v) is 4.34. The minimum atomic E-state index is -0.203. The molecule has 0 spiro atoms. The van der Waals surface area contributed by atoms with E-state index in [9.17, 15) is 4.39 Å². The number of rotatable bonds is 7. The van der Waals surface area contributed by atoms with Crippen molar-refractivity contribution in [3.05, 3.63) is 54.1 Å². The lowest BCUT2D eigenvalue weighted by Gasteiger charge is -2.18. The van der Waals surface area contributed by atoms with E-state index < -0.39 is 0 Å². The maximum atomic E-state index is 12.9. The maximum absolute atomic E-state index is 12.9. The van der Waals surface area contributed by atoms with Gasteiger partial charge in [0.1, 0.15) is 5.82 Å². The third-order valence-electron chi connectivity index (χ3n) is 3.17. The quantitative estimate of drug-likeness (QED) is 0.772. The van der Waals surface area contributed by atoms with E-state index in [-0.39, 0.29) is 5.82 Å². The molecule has 1 unspecified atom stereocenters. The first-order chi connectivity index (χ1) is 10.2. The van der Waals surface area contributed by atoms with Gasteiger partial charge in [-0.05, 0) is 48.9 Å². The number of thioether (sulfide) groups is 1. The van der Waals surface area contributed by atoms with Crippen molar-refractivity contribution < 1.29 is 4.39 Å². The molecule has 0 amide bonds. The Morgan fingerprint density at radius 3 is 2.71 bits per heavy atom. The molecule has 1 aromatic carbocycles. The Morgan fingerprint density at radius 1 is 1.29 bits per heavy atom. The van der Waals surface area contributed by atoms with Gasteiger partial charge >= 0.3 is 0 Å². The van der Waals surface area contributed by atoms with E-state index in [4.69, 9.17) is 5.73 Å². The Morgan fingerprint density at radius 2 is 2.05 bits per heavy atom. The van der Waals surface area contributed by atoms with E-state index in [1.54, 1.807) is 30.1 Å². The molecule has 0 fully saturated rings. The Bertz CT molecular complexity index is 560. The van der Waals surface area contributed by atoms with Crippen molar-refractivity contribution in [2.24, 2.45) is 0 Å². The molecule has 0 bridgehead atoms. The van der Waals surface area contributed by atoms with Crippen LogP contribution < -0.4 is 11.1 Å². The summed E-state index contributed by atoms with van der Waals surface area (Å²) in [5.41, 5.74) is 7.81. The van der Waals surface area contributed by atoms with Gasteiger partial charge in [-0.25, -0.2) is 4.39 Å². The van der Waals surface area contributed by atoms with Crippen molar-refractivity contribution in [3.63, 3.8) is 0 Å². The molecule has 112 valence electrons. The summed E-state index contributed by atoms with van der Waals surface area (Å²) in [5, 5.41) is 3.46. The number of halogens is 1. The fourth-order valence-electron chi connectivity index (χ4n) is 2.08. The largest absolute Gasteiger partial charge is 0.398 e. The molecule has 0 radical (unpaired) electrons. The number of anilines is 1. The van der Waals surface area contributed by atoms with Crippen molar-refractivity contribution >= 4 is 17.4 Å². The van der Waals surface area contributed by atoms with Gasteiger partial charge < -0.3 is 11.1 Å². The first-order valence-corrected chi connectivity index (χ1v) is 7.97. The number of nitrogens with zero attached hydrogens (tertiary/aromatic N) is 1. The van der Waals surface area contributed by atoms with Gasteiger partial charge in [-0.3, -0.25) is 4.98 Å². The molecule has 0 aliphatic heterocycles. The van der Waals surface area contributed by atoms with Gasteiger partial charge in [0.2, 0.25) is 0 Å². The molecule has 1 atom stereocenters. The highest BCUT2D eigenvalue weighted by atomic mass is 32.2. The topological polar surface area (TPSA) is 50.9 Å². The van der Waals surface area contributed by atoms with Crippen LogP contribution in [0.3, 0.4) is 0 Å². The highest BCUT2D eigenvalue weighted by Crippen LogP contribution is 2.21. The molecule has 2 aromatic rings. The Hall–Kier alpha value is -1.59. The number of nitrogen functional groups attached to an aromatic ring is 1. The van der Waals surface area contributed by atoms with Crippen molar-refractivity contribution in [1.82, 2.24) is 10.3 Å². The molecular weight excluding hydrogens is 285 g/mol. The van der Waals surface area contributed by atoms with Gasteiger partial charge in [0.25, 0.3) is 0 Å². The summed E-state index contributed by atoms with van der Waals surface area (Å²) in [6.45, 7) is 2.98. The van der Waals surface area contributed by atoms with Crippen LogP contribution in [-0.2, 0) is 6.42 Å². The average Bonchev–Trinajstić information content (AvgIpc) is 2.49. The molecule has 21 heavy (non-hydrogen) atoms. The zero-order chi connectivity index (χ0) is 15.1. The second-order valence-corrected chi connectivity index (χ2v) is 5.89. The number of nitrogens with one attached hydrogen (secondary N) is 1. The van der Waals surface area contributed by atoms with Crippen LogP contribution in [0, 0.1) is 5.82 Å². The fourth-order valence-corrected chi connectivity index (χ4v) is 3.04. The van der Waals surface area contributed by atoms with Crippen LogP contribution in [0.15, 0.2) is 47.6 Å². The lowest BCUT2D eigenvalue weighted by atomic mass is 10.1. The van der Waals surface area contributed by atoms with Gasteiger partial charge in [0.15, 0.2) is 0 Å². The van der Waals surface area contributed by atoms with Gasteiger partial charge in [0, 0.05) is 34.8 Å². The number of nitrogens with two attached hydrogens (primary N) is 1. The summed E-state index contributed by atoms with van der Waals surface area (Å²) in [5.74, 6) is 0.694. The third kappa shape index (κ3) is 5.02. The Labute approximate surface area is 129 Å². The molecule has 1 heterocycles. The molecular formula is C16H20FN3S. The monoisotopic (exact) mass is 305 g/mol. The second-order valence-electron chi connectivity index (χ2n) is 4.80. The van der Waals surface area contributed by atoms with Crippen LogP contribution in [0.4, 0.5) is 10.1 Å². The molecule has 3 N–H and O–H groups in total. The number of hydrogen-bond donors (Lipinski definition) is 2.